The molecule has 0 aliphatic rings. The van der Waals surface area contributed by atoms with Gasteiger partial charge in [0.05, 0.1) is 16.5 Å². The van der Waals surface area contributed by atoms with Crippen LogP contribution in [0.3, 0.4) is 0 Å². The van der Waals surface area contributed by atoms with Crippen molar-refractivity contribution >= 4 is 46.6 Å². The Bertz CT molecular complexity index is 1230. The molecule has 4 aromatic rings. The number of nitrogens with one attached hydrogen (secondary N) is 1. The summed E-state index contributed by atoms with van der Waals surface area (Å²) in [5, 5.41) is 13.1. The quantitative estimate of drug-likeness (QED) is 0.304. The van der Waals surface area contributed by atoms with Gasteiger partial charge in [-0.25, -0.2) is 0 Å². The van der Waals surface area contributed by atoms with Gasteiger partial charge in [0.2, 0.25) is 5.91 Å². The molecule has 0 atom stereocenters. The van der Waals surface area contributed by atoms with Crippen LogP contribution in [0.4, 0.5) is 5.69 Å². The smallest absolute Gasteiger partial charge is 0.234 e. The predicted molar refractivity (Wildman–Crippen MR) is 132 cm³/mol. The Morgan fingerprint density at radius 2 is 1.75 bits per heavy atom. The molecule has 0 spiro atoms. The molecule has 1 heterocycles. The lowest BCUT2D eigenvalue weighted by atomic mass is 10.1. The molecule has 162 valence electrons. The van der Waals surface area contributed by atoms with Crippen molar-refractivity contribution in [3.05, 3.63) is 88.4 Å². The molecule has 3 aromatic carbocycles. The molecule has 1 amide bonds. The molecule has 1 N–H and O–H groups in total. The number of aryl methyl sites for hydroxylation is 1. The van der Waals surface area contributed by atoms with Gasteiger partial charge in [-0.3, -0.25) is 9.36 Å². The van der Waals surface area contributed by atoms with E-state index < -0.39 is 0 Å². The van der Waals surface area contributed by atoms with Crippen molar-refractivity contribution < 1.29 is 4.79 Å². The second-order valence-corrected chi connectivity index (χ2v) is 8.77. The SMILES string of the molecule is CCc1ccc(-n2c(SCC(=O)Nc3ccc(Cl)cc3Cl)nnc2-c2ccccc2)cc1. The van der Waals surface area contributed by atoms with Crippen molar-refractivity contribution in [2.45, 2.75) is 18.5 Å². The number of amides is 1. The molecule has 0 saturated carbocycles. The zero-order valence-electron chi connectivity index (χ0n) is 17.3. The molecule has 1 aromatic heterocycles. The number of carbonyl (C=O) groups excluding carboxylic acids is 1. The number of hydrogen-bond acceptors (Lipinski definition) is 4. The van der Waals surface area contributed by atoms with E-state index in [1.54, 1.807) is 18.2 Å². The molecule has 0 bridgehead atoms. The average molecular weight is 483 g/mol. The van der Waals surface area contributed by atoms with Crippen molar-refractivity contribution in [2.75, 3.05) is 11.1 Å². The lowest BCUT2D eigenvalue weighted by molar-refractivity contribution is -0.113. The van der Waals surface area contributed by atoms with Gasteiger partial charge in [0.15, 0.2) is 11.0 Å². The number of aromatic nitrogens is 3. The van der Waals surface area contributed by atoms with E-state index in [0.717, 1.165) is 23.5 Å². The van der Waals surface area contributed by atoms with Crippen LogP contribution < -0.4 is 5.32 Å². The van der Waals surface area contributed by atoms with Crippen molar-refractivity contribution in [1.82, 2.24) is 14.8 Å². The van der Waals surface area contributed by atoms with Crippen molar-refractivity contribution in [2.24, 2.45) is 0 Å². The topological polar surface area (TPSA) is 59.8 Å². The Morgan fingerprint density at radius 3 is 2.44 bits per heavy atom. The summed E-state index contributed by atoms with van der Waals surface area (Å²) >= 11 is 13.4. The number of hydrogen-bond donors (Lipinski definition) is 1. The minimum Gasteiger partial charge on any atom is -0.324 e. The maximum absolute atomic E-state index is 12.6. The second-order valence-electron chi connectivity index (χ2n) is 6.99. The summed E-state index contributed by atoms with van der Waals surface area (Å²) in [6.45, 7) is 2.12. The van der Waals surface area contributed by atoms with Crippen LogP contribution in [0.5, 0.6) is 0 Å². The van der Waals surface area contributed by atoms with Crippen LogP contribution >= 0.6 is 35.0 Å². The lowest BCUT2D eigenvalue weighted by Gasteiger charge is -2.11. The highest BCUT2D eigenvalue weighted by molar-refractivity contribution is 7.99. The van der Waals surface area contributed by atoms with Crippen LogP contribution in [0.2, 0.25) is 10.0 Å². The van der Waals surface area contributed by atoms with Gasteiger partial charge in [-0.1, -0.05) is 84.4 Å². The first-order chi connectivity index (χ1) is 15.5. The van der Waals surface area contributed by atoms with Gasteiger partial charge in [-0.15, -0.1) is 10.2 Å². The number of halogens is 2. The Hall–Kier alpha value is -2.80. The van der Waals surface area contributed by atoms with Gasteiger partial charge in [0, 0.05) is 16.3 Å². The number of benzene rings is 3. The number of nitrogens with zero attached hydrogens (tertiary/aromatic N) is 3. The summed E-state index contributed by atoms with van der Waals surface area (Å²) in [4.78, 5) is 12.6. The highest BCUT2D eigenvalue weighted by Gasteiger charge is 2.17. The molecule has 32 heavy (non-hydrogen) atoms. The van der Waals surface area contributed by atoms with E-state index in [4.69, 9.17) is 23.2 Å². The summed E-state index contributed by atoms with van der Waals surface area (Å²) in [5.74, 6) is 0.675. The predicted octanol–water partition coefficient (Wildman–Crippen LogP) is 6.53. The van der Waals surface area contributed by atoms with Gasteiger partial charge in [0.1, 0.15) is 0 Å². The zero-order chi connectivity index (χ0) is 22.5. The van der Waals surface area contributed by atoms with E-state index in [2.05, 4.69) is 34.6 Å². The summed E-state index contributed by atoms with van der Waals surface area (Å²) in [6, 6.07) is 23.1. The third-order valence-electron chi connectivity index (χ3n) is 4.81. The molecular formula is C24H20Cl2N4OS. The molecule has 0 aliphatic heterocycles. The average Bonchev–Trinajstić information content (AvgIpc) is 3.24. The number of rotatable bonds is 7. The van der Waals surface area contributed by atoms with E-state index in [1.165, 1.54) is 17.3 Å². The number of thioether (sulfide) groups is 1. The van der Waals surface area contributed by atoms with Gasteiger partial charge in [-0.05, 0) is 42.3 Å². The largest absolute Gasteiger partial charge is 0.324 e. The first-order valence-corrected chi connectivity index (χ1v) is 11.8. The van der Waals surface area contributed by atoms with Crippen LogP contribution in [-0.4, -0.2) is 26.4 Å². The number of carbonyl (C=O) groups is 1. The highest BCUT2D eigenvalue weighted by Crippen LogP contribution is 2.29. The zero-order valence-corrected chi connectivity index (χ0v) is 19.6. The minimum atomic E-state index is -0.198. The molecular weight excluding hydrogens is 463 g/mol. The monoisotopic (exact) mass is 482 g/mol. The maximum Gasteiger partial charge on any atom is 0.234 e. The van der Waals surface area contributed by atoms with Gasteiger partial charge in [-0.2, -0.15) is 0 Å². The van der Waals surface area contributed by atoms with Crippen molar-refractivity contribution in [3.63, 3.8) is 0 Å². The van der Waals surface area contributed by atoms with Gasteiger partial charge in [0.25, 0.3) is 0 Å². The fraction of sp³-hybridized carbons (Fsp3) is 0.125. The van der Waals surface area contributed by atoms with Crippen molar-refractivity contribution in [3.8, 4) is 17.1 Å². The standard InChI is InChI=1S/C24H20Cl2N4OS/c1-2-16-8-11-19(12-9-16)30-23(17-6-4-3-5-7-17)28-29-24(30)32-15-22(31)27-21-13-10-18(25)14-20(21)26/h3-14H,2,15H2,1H3,(H,27,31). The molecule has 0 aliphatic carbocycles. The van der Waals surface area contributed by atoms with E-state index >= 15 is 0 Å². The number of anilines is 1. The van der Waals surface area contributed by atoms with Gasteiger partial charge < -0.3 is 5.32 Å². The van der Waals surface area contributed by atoms with Crippen molar-refractivity contribution in [1.29, 1.82) is 0 Å². The first-order valence-electron chi connectivity index (χ1n) is 10.0. The van der Waals surface area contributed by atoms with E-state index in [9.17, 15) is 4.79 Å². The van der Waals surface area contributed by atoms with Crippen LogP contribution in [0.1, 0.15) is 12.5 Å². The molecule has 0 saturated heterocycles. The molecule has 0 unspecified atom stereocenters. The molecule has 4 rings (SSSR count). The summed E-state index contributed by atoms with van der Waals surface area (Å²) in [5.41, 5.74) is 3.65. The normalized spacial score (nSPS) is 10.8. The van der Waals surface area contributed by atoms with Crippen LogP contribution in [0, 0.1) is 0 Å². The van der Waals surface area contributed by atoms with Crippen LogP contribution in [0.15, 0.2) is 78.0 Å². The Kier molecular flexibility index (Phi) is 7.15. The fourth-order valence-electron chi connectivity index (χ4n) is 3.16. The molecule has 8 heteroatoms. The molecule has 0 radical (unpaired) electrons. The van der Waals surface area contributed by atoms with Crippen LogP contribution in [0.25, 0.3) is 17.1 Å². The summed E-state index contributed by atoms with van der Waals surface area (Å²) < 4.78 is 1.97. The van der Waals surface area contributed by atoms with E-state index in [-0.39, 0.29) is 11.7 Å². The highest BCUT2D eigenvalue weighted by atomic mass is 35.5. The van der Waals surface area contributed by atoms with E-state index in [0.29, 0.717) is 20.9 Å². The molecule has 0 fully saturated rings. The second kappa shape index (κ2) is 10.2. The summed E-state index contributed by atoms with van der Waals surface area (Å²) in [6.07, 6.45) is 0.961. The third kappa shape index (κ3) is 5.15. The maximum atomic E-state index is 12.6. The Labute approximate surface area is 200 Å². The third-order valence-corrected chi connectivity index (χ3v) is 6.28. The van der Waals surface area contributed by atoms with E-state index in [1.807, 2.05) is 47.0 Å². The Balaban J connectivity index is 1.59. The minimum absolute atomic E-state index is 0.152. The first kappa shape index (κ1) is 22.4. The molecule has 5 nitrogen and oxygen atoms in total. The summed E-state index contributed by atoms with van der Waals surface area (Å²) in [7, 11) is 0. The van der Waals surface area contributed by atoms with Gasteiger partial charge >= 0.3 is 0 Å². The van der Waals surface area contributed by atoms with Crippen LogP contribution in [-0.2, 0) is 11.2 Å². The Morgan fingerprint density at radius 1 is 1.00 bits per heavy atom. The fourth-order valence-corrected chi connectivity index (χ4v) is 4.37. The lowest BCUT2D eigenvalue weighted by Crippen LogP contribution is -2.15.